The van der Waals surface area contributed by atoms with Crippen molar-refractivity contribution in [3.05, 3.63) is 34.4 Å². The molecule has 0 bridgehead atoms. The molecule has 0 heterocycles. The molecule has 0 atom stereocenters. The fraction of sp³-hybridized carbons (Fsp3) is 0.200. The molecule has 1 rings (SSSR count). The van der Waals surface area contributed by atoms with Gasteiger partial charge in [0, 0.05) is 5.56 Å². The molecular formula is C10H7F2NO2. The summed E-state index contributed by atoms with van der Waals surface area (Å²) in [5, 5.41) is 17.4. The van der Waals surface area contributed by atoms with Gasteiger partial charge in [0.25, 0.3) is 6.43 Å². The summed E-state index contributed by atoms with van der Waals surface area (Å²) < 4.78 is 25.1. The van der Waals surface area contributed by atoms with Crippen LogP contribution in [0.25, 0.3) is 0 Å². The molecule has 3 nitrogen and oxygen atoms in total. The molecule has 0 aliphatic carbocycles. The highest BCUT2D eigenvalue weighted by molar-refractivity contribution is 5.91. The van der Waals surface area contributed by atoms with Gasteiger partial charge >= 0.3 is 5.97 Å². The Morgan fingerprint density at radius 3 is 2.53 bits per heavy atom. The number of nitriles is 1. The van der Waals surface area contributed by atoms with Crippen LogP contribution in [-0.4, -0.2) is 11.1 Å². The number of carboxylic acid groups (broad SMARTS) is 1. The molecule has 1 aromatic carbocycles. The van der Waals surface area contributed by atoms with Crippen molar-refractivity contribution in [3.63, 3.8) is 0 Å². The van der Waals surface area contributed by atoms with Gasteiger partial charge in [-0.15, -0.1) is 0 Å². The number of nitrogens with zero attached hydrogens (tertiary/aromatic N) is 1. The van der Waals surface area contributed by atoms with Crippen LogP contribution in [0.1, 0.15) is 33.5 Å². The van der Waals surface area contributed by atoms with Crippen molar-refractivity contribution >= 4 is 5.97 Å². The van der Waals surface area contributed by atoms with E-state index < -0.39 is 29.1 Å². The Morgan fingerprint density at radius 2 is 2.13 bits per heavy atom. The van der Waals surface area contributed by atoms with E-state index >= 15 is 0 Å². The summed E-state index contributed by atoms with van der Waals surface area (Å²) >= 11 is 0. The second-order valence-electron chi connectivity index (χ2n) is 2.94. The van der Waals surface area contributed by atoms with E-state index in [-0.39, 0.29) is 5.56 Å². The van der Waals surface area contributed by atoms with Gasteiger partial charge in [0.15, 0.2) is 0 Å². The maximum Gasteiger partial charge on any atom is 0.337 e. The monoisotopic (exact) mass is 211 g/mol. The van der Waals surface area contributed by atoms with Crippen molar-refractivity contribution in [1.29, 1.82) is 5.26 Å². The summed E-state index contributed by atoms with van der Waals surface area (Å²) in [6.07, 6.45) is -2.85. The molecule has 0 saturated heterocycles. The molecule has 0 spiro atoms. The molecule has 0 unspecified atom stereocenters. The highest BCUT2D eigenvalue weighted by atomic mass is 19.3. The number of carbonyl (C=O) groups is 1. The summed E-state index contributed by atoms with van der Waals surface area (Å²) in [6, 6.07) is 3.93. The quantitative estimate of drug-likeness (QED) is 0.817. The van der Waals surface area contributed by atoms with Crippen molar-refractivity contribution in [3.8, 4) is 6.07 Å². The molecule has 78 valence electrons. The van der Waals surface area contributed by atoms with Crippen LogP contribution in [-0.2, 0) is 0 Å². The first-order chi connectivity index (χ1) is 6.99. The minimum absolute atomic E-state index is 0.214. The lowest BCUT2D eigenvalue weighted by Gasteiger charge is -2.08. The lowest BCUT2D eigenvalue weighted by atomic mass is 9.97. The molecule has 1 aromatic rings. The van der Waals surface area contributed by atoms with Gasteiger partial charge in [-0.1, -0.05) is 6.07 Å². The molecule has 1 N–H and O–H groups in total. The Kier molecular flexibility index (Phi) is 3.00. The first-order valence-electron chi connectivity index (χ1n) is 4.04. The number of aromatic carboxylic acids is 1. The fourth-order valence-electron chi connectivity index (χ4n) is 1.30. The van der Waals surface area contributed by atoms with Crippen molar-refractivity contribution < 1.29 is 18.7 Å². The zero-order valence-electron chi connectivity index (χ0n) is 7.79. The highest BCUT2D eigenvalue weighted by Gasteiger charge is 2.21. The zero-order chi connectivity index (χ0) is 11.6. The van der Waals surface area contributed by atoms with Gasteiger partial charge in [-0.3, -0.25) is 0 Å². The van der Waals surface area contributed by atoms with Gasteiger partial charge in [-0.05, 0) is 18.6 Å². The van der Waals surface area contributed by atoms with Crippen molar-refractivity contribution in [2.45, 2.75) is 13.3 Å². The molecule has 0 amide bonds. The largest absolute Gasteiger partial charge is 0.478 e. The van der Waals surface area contributed by atoms with E-state index in [1.807, 2.05) is 0 Å². The molecular weight excluding hydrogens is 204 g/mol. The van der Waals surface area contributed by atoms with Crippen LogP contribution in [0.15, 0.2) is 12.1 Å². The lowest BCUT2D eigenvalue weighted by molar-refractivity contribution is 0.0696. The van der Waals surface area contributed by atoms with Gasteiger partial charge < -0.3 is 5.11 Å². The van der Waals surface area contributed by atoms with E-state index in [1.54, 1.807) is 0 Å². The minimum atomic E-state index is -2.85. The van der Waals surface area contributed by atoms with E-state index in [1.165, 1.54) is 19.1 Å². The number of hydrogen-bond donors (Lipinski definition) is 1. The Balaban J connectivity index is 3.56. The summed E-state index contributed by atoms with van der Waals surface area (Å²) in [7, 11) is 0. The Labute approximate surface area is 84.6 Å². The number of carboxylic acids is 1. The van der Waals surface area contributed by atoms with E-state index in [0.717, 1.165) is 6.07 Å². The summed E-state index contributed by atoms with van der Waals surface area (Å²) in [4.78, 5) is 10.7. The van der Waals surface area contributed by atoms with Crippen LogP contribution in [0.4, 0.5) is 8.78 Å². The standard InChI is InChI=1S/C10H7F2NO2/c1-5-2-3-6(10(14)15)7(4-13)8(5)9(11)12/h2-3,9H,1H3,(H,14,15). The predicted octanol–water partition coefficient (Wildman–Crippen LogP) is 2.50. The minimum Gasteiger partial charge on any atom is -0.478 e. The van der Waals surface area contributed by atoms with Gasteiger partial charge in [-0.25, -0.2) is 13.6 Å². The van der Waals surface area contributed by atoms with E-state index in [4.69, 9.17) is 10.4 Å². The predicted molar refractivity (Wildman–Crippen MR) is 47.8 cm³/mol. The maximum absolute atomic E-state index is 12.6. The van der Waals surface area contributed by atoms with Gasteiger partial charge in [0.2, 0.25) is 0 Å². The van der Waals surface area contributed by atoms with Crippen LogP contribution in [0, 0.1) is 18.3 Å². The molecule has 0 saturated carbocycles. The first kappa shape index (κ1) is 11.1. The van der Waals surface area contributed by atoms with Crippen LogP contribution < -0.4 is 0 Å². The van der Waals surface area contributed by atoms with Gasteiger partial charge in [0.1, 0.15) is 6.07 Å². The summed E-state index contributed by atoms with van der Waals surface area (Å²) in [5.41, 5.74) is -1.14. The Bertz CT molecular complexity index is 449. The van der Waals surface area contributed by atoms with Crippen LogP contribution >= 0.6 is 0 Å². The van der Waals surface area contributed by atoms with Crippen molar-refractivity contribution in [1.82, 2.24) is 0 Å². The number of benzene rings is 1. The summed E-state index contributed by atoms with van der Waals surface area (Å²) in [6.45, 7) is 1.41. The number of alkyl halides is 2. The smallest absolute Gasteiger partial charge is 0.337 e. The van der Waals surface area contributed by atoms with Crippen molar-refractivity contribution in [2.24, 2.45) is 0 Å². The molecule has 0 aliphatic rings. The number of halogens is 2. The molecule has 0 radical (unpaired) electrons. The highest BCUT2D eigenvalue weighted by Crippen LogP contribution is 2.28. The first-order valence-corrected chi connectivity index (χ1v) is 4.04. The van der Waals surface area contributed by atoms with Crippen LogP contribution in [0.5, 0.6) is 0 Å². The topological polar surface area (TPSA) is 61.1 Å². The van der Waals surface area contributed by atoms with Gasteiger partial charge in [0.05, 0.1) is 11.1 Å². The summed E-state index contributed by atoms with van der Waals surface area (Å²) in [5.74, 6) is -1.38. The zero-order valence-corrected chi connectivity index (χ0v) is 7.79. The third-order valence-electron chi connectivity index (χ3n) is 2.02. The van der Waals surface area contributed by atoms with Crippen LogP contribution in [0.3, 0.4) is 0 Å². The van der Waals surface area contributed by atoms with E-state index in [9.17, 15) is 13.6 Å². The number of hydrogen-bond acceptors (Lipinski definition) is 2. The Morgan fingerprint density at radius 1 is 1.53 bits per heavy atom. The SMILES string of the molecule is Cc1ccc(C(=O)O)c(C#N)c1C(F)F. The fourth-order valence-corrected chi connectivity index (χ4v) is 1.30. The van der Waals surface area contributed by atoms with E-state index in [2.05, 4.69) is 0 Å². The average molecular weight is 211 g/mol. The molecule has 0 fully saturated rings. The normalized spacial score (nSPS) is 10.1. The second-order valence-corrected chi connectivity index (χ2v) is 2.94. The third kappa shape index (κ3) is 1.94. The van der Waals surface area contributed by atoms with Gasteiger partial charge in [-0.2, -0.15) is 5.26 Å². The number of aryl methyl sites for hydroxylation is 1. The molecule has 15 heavy (non-hydrogen) atoms. The molecule has 0 aromatic heterocycles. The second kappa shape index (κ2) is 4.05. The average Bonchev–Trinajstić information content (AvgIpc) is 2.15. The lowest BCUT2D eigenvalue weighted by Crippen LogP contribution is -2.05. The number of rotatable bonds is 2. The molecule has 0 aliphatic heterocycles. The van der Waals surface area contributed by atoms with Crippen molar-refractivity contribution in [2.75, 3.05) is 0 Å². The third-order valence-corrected chi connectivity index (χ3v) is 2.02. The molecule has 5 heteroatoms. The maximum atomic E-state index is 12.6. The Hall–Kier alpha value is -1.96. The van der Waals surface area contributed by atoms with E-state index in [0.29, 0.717) is 0 Å². The van der Waals surface area contributed by atoms with Crippen LogP contribution in [0.2, 0.25) is 0 Å².